The first-order chi connectivity index (χ1) is 9.91. The molecule has 0 amide bonds. The first kappa shape index (κ1) is 15.8. The highest BCUT2D eigenvalue weighted by molar-refractivity contribution is 7.10. The van der Waals surface area contributed by atoms with Gasteiger partial charge in [-0.3, -0.25) is 0 Å². The van der Waals surface area contributed by atoms with Crippen LogP contribution in [0.2, 0.25) is 0 Å². The van der Waals surface area contributed by atoms with Crippen LogP contribution in [0.1, 0.15) is 44.5 Å². The topological polar surface area (TPSA) is 47.0 Å². The van der Waals surface area contributed by atoms with Gasteiger partial charge in [-0.25, -0.2) is 0 Å². The van der Waals surface area contributed by atoms with Gasteiger partial charge in [-0.05, 0) is 36.5 Å². The monoisotopic (exact) mass is 305 g/mol. The smallest absolute Gasteiger partial charge is 0.136 e. The Kier molecular flexibility index (Phi) is 4.83. The molecule has 1 aromatic carbocycles. The van der Waals surface area contributed by atoms with E-state index in [0.717, 1.165) is 28.6 Å². The van der Waals surface area contributed by atoms with Crippen molar-refractivity contribution in [2.24, 2.45) is 0 Å². The van der Waals surface area contributed by atoms with E-state index in [4.69, 9.17) is 4.74 Å². The summed E-state index contributed by atoms with van der Waals surface area (Å²) in [6.45, 7) is 12.1. The zero-order valence-corrected chi connectivity index (χ0v) is 14.2. The fraction of sp³-hybridized carbons (Fsp3) is 0.500. The summed E-state index contributed by atoms with van der Waals surface area (Å²) >= 11 is 1.37. The van der Waals surface area contributed by atoms with E-state index in [-0.39, 0.29) is 5.41 Å². The Balaban J connectivity index is 2.08. The van der Waals surface area contributed by atoms with E-state index in [0.29, 0.717) is 6.61 Å². The van der Waals surface area contributed by atoms with Crippen LogP contribution in [-0.2, 0) is 12.0 Å². The molecule has 0 aliphatic rings. The predicted molar refractivity (Wildman–Crippen MR) is 88.3 cm³/mol. The fourth-order valence-electron chi connectivity index (χ4n) is 2.02. The fourth-order valence-corrected chi connectivity index (χ4v) is 2.66. The van der Waals surface area contributed by atoms with Crippen molar-refractivity contribution in [1.82, 2.24) is 9.59 Å². The molecule has 0 aliphatic heterocycles. The van der Waals surface area contributed by atoms with Gasteiger partial charge in [0.2, 0.25) is 0 Å². The largest absolute Gasteiger partial charge is 0.487 e. The average Bonchev–Trinajstić information content (AvgIpc) is 2.84. The van der Waals surface area contributed by atoms with E-state index in [9.17, 15) is 0 Å². The van der Waals surface area contributed by atoms with Gasteiger partial charge in [0.05, 0.1) is 0 Å². The molecule has 5 heteroatoms. The Morgan fingerprint density at radius 3 is 2.67 bits per heavy atom. The van der Waals surface area contributed by atoms with Gasteiger partial charge < -0.3 is 10.1 Å². The van der Waals surface area contributed by atoms with Crippen LogP contribution < -0.4 is 10.1 Å². The van der Waals surface area contributed by atoms with Gasteiger partial charge in [-0.2, -0.15) is 0 Å². The molecule has 1 aromatic heterocycles. The Morgan fingerprint density at radius 2 is 2.05 bits per heavy atom. The summed E-state index contributed by atoms with van der Waals surface area (Å²) in [4.78, 5) is 0. The standard InChI is InChI=1S/C16H23N3OS/c1-6-17-15-13(18-19-21-15)10-20-14-8-7-12(9-11(14)2)16(3,4)5/h7-9,17H,6,10H2,1-5H3. The number of rotatable bonds is 5. The van der Waals surface area contributed by atoms with Gasteiger partial charge in [0.15, 0.2) is 0 Å². The Morgan fingerprint density at radius 1 is 1.29 bits per heavy atom. The summed E-state index contributed by atoms with van der Waals surface area (Å²) in [5.41, 5.74) is 3.48. The van der Waals surface area contributed by atoms with Crippen LogP contribution in [0, 0.1) is 6.92 Å². The summed E-state index contributed by atoms with van der Waals surface area (Å²) in [7, 11) is 0. The number of hydrogen-bond acceptors (Lipinski definition) is 5. The van der Waals surface area contributed by atoms with Crippen molar-refractivity contribution < 1.29 is 4.74 Å². The third-order valence-electron chi connectivity index (χ3n) is 3.30. The number of hydrogen-bond donors (Lipinski definition) is 1. The zero-order chi connectivity index (χ0) is 15.5. The zero-order valence-electron chi connectivity index (χ0n) is 13.4. The minimum Gasteiger partial charge on any atom is -0.487 e. The van der Waals surface area contributed by atoms with Gasteiger partial charge in [0.25, 0.3) is 0 Å². The summed E-state index contributed by atoms with van der Waals surface area (Å²) in [6, 6.07) is 6.37. The maximum absolute atomic E-state index is 5.90. The van der Waals surface area contributed by atoms with E-state index in [1.165, 1.54) is 17.1 Å². The molecule has 1 N–H and O–H groups in total. The number of ether oxygens (including phenoxy) is 1. The summed E-state index contributed by atoms with van der Waals surface area (Å²) < 4.78 is 9.87. The molecule has 0 unspecified atom stereocenters. The second-order valence-corrected chi connectivity index (χ2v) is 6.85. The van der Waals surface area contributed by atoms with Crippen LogP contribution in [-0.4, -0.2) is 16.1 Å². The Hall–Kier alpha value is -1.62. The van der Waals surface area contributed by atoms with Crippen LogP contribution in [0.5, 0.6) is 5.75 Å². The molecule has 0 fully saturated rings. The SMILES string of the molecule is CCNc1snnc1COc1ccc(C(C)(C)C)cc1C. The third-order valence-corrected chi connectivity index (χ3v) is 4.02. The van der Waals surface area contributed by atoms with Crippen LogP contribution in [0.3, 0.4) is 0 Å². The van der Waals surface area contributed by atoms with Crippen molar-refractivity contribution in [2.45, 2.75) is 46.6 Å². The van der Waals surface area contributed by atoms with Crippen molar-refractivity contribution in [3.05, 3.63) is 35.0 Å². The number of anilines is 1. The predicted octanol–water partition coefficient (Wildman–Crippen LogP) is 4.15. The Bertz CT molecular complexity index is 602. The lowest BCUT2D eigenvalue weighted by atomic mass is 9.86. The molecule has 0 radical (unpaired) electrons. The highest BCUT2D eigenvalue weighted by Gasteiger charge is 2.15. The third kappa shape index (κ3) is 3.94. The van der Waals surface area contributed by atoms with E-state index in [1.807, 2.05) is 6.07 Å². The second-order valence-electron chi connectivity index (χ2n) is 6.10. The number of nitrogens with one attached hydrogen (secondary N) is 1. The van der Waals surface area contributed by atoms with Crippen molar-refractivity contribution in [3.8, 4) is 5.75 Å². The average molecular weight is 305 g/mol. The van der Waals surface area contributed by atoms with Crippen molar-refractivity contribution >= 4 is 16.5 Å². The van der Waals surface area contributed by atoms with Crippen molar-refractivity contribution in [1.29, 1.82) is 0 Å². The van der Waals surface area contributed by atoms with Crippen LogP contribution in [0.4, 0.5) is 5.00 Å². The highest BCUT2D eigenvalue weighted by atomic mass is 32.1. The van der Waals surface area contributed by atoms with Gasteiger partial charge in [0, 0.05) is 18.1 Å². The van der Waals surface area contributed by atoms with Gasteiger partial charge in [-0.1, -0.05) is 37.4 Å². The quantitative estimate of drug-likeness (QED) is 0.901. The normalized spacial score (nSPS) is 11.5. The molecule has 0 saturated heterocycles. The summed E-state index contributed by atoms with van der Waals surface area (Å²) in [6.07, 6.45) is 0. The van der Waals surface area contributed by atoms with Crippen LogP contribution in [0.15, 0.2) is 18.2 Å². The molecule has 21 heavy (non-hydrogen) atoms. The maximum atomic E-state index is 5.90. The van der Waals surface area contributed by atoms with E-state index in [2.05, 4.69) is 61.7 Å². The molecule has 0 bridgehead atoms. The molecule has 4 nitrogen and oxygen atoms in total. The summed E-state index contributed by atoms with van der Waals surface area (Å²) in [5, 5.41) is 8.35. The lowest BCUT2D eigenvalue weighted by Crippen LogP contribution is -2.11. The number of benzene rings is 1. The van der Waals surface area contributed by atoms with Gasteiger partial charge in [0.1, 0.15) is 23.1 Å². The first-order valence-corrected chi connectivity index (χ1v) is 7.98. The van der Waals surface area contributed by atoms with Crippen LogP contribution >= 0.6 is 11.5 Å². The molecule has 0 atom stereocenters. The molecule has 0 aliphatic carbocycles. The molecular weight excluding hydrogens is 282 g/mol. The lowest BCUT2D eigenvalue weighted by Gasteiger charge is -2.20. The second kappa shape index (κ2) is 6.43. The number of nitrogens with zero attached hydrogens (tertiary/aromatic N) is 2. The van der Waals surface area contributed by atoms with Crippen molar-refractivity contribution in [2.75, 3.05) is 11.9 Å². The highest BCUT2D eigenvalue weighted by Crippen LogP contribution is 2.28. The Labute approximate surface area is 130 Å². The molecule has 1 heterocycles. The van der Waals surface area contributed by atoms with Gasteiger partial charge in [-0.15, -0.1) is 5.10 Å². The molecule has 0 spiro atoms. The molecule has 114 valence electrons. The molecule has 0 saturated carbocycles. The summed E-state index contributed by atoms with van der Waals surface area (Å²) in [5.74, 6) is 0.901. The minimum atomic E-state index is 0.153. The maximum Gasteiger partial charge on any atom is 0.136 e. The number of aromatic nitrogens is 2. The van der Waals surface area contributed by atoms with Crippen molar-refractivity contribution in [3.63, 3.8) is 0 Å². The first-order valence-electron chi connectivity index (χ1n) is 7.21. The lowest BCUT2D eigenvalue weighted by molar-refractivity contribution is 0.299. The van der Waals surface area contributed by atoms with E-state index in [1.54, 1.807) is 0 Å². The van der Waals surface area contributed by atoms with E-state index < -0.39 is 0 Å². The van der Waals surface area contributed by atoms with Gasteiger partial charge >= 0.3 is 0 Å². The molecule has 2 aromatic rings. The molecule has 2 rings (SSSR count). The number of aryl methyl sites for hydroxylation is 1. The minimum absolute atomic E-state index is 0.153. The van der Waals surface area contributed by atoms with Crippen LogP contribution in [0.25, 0.3) is 0 Å². The molecular formula is C16H23N3OS. The van der Waals surface area contributed by atoms with E-state index >= 15 is 0 Å².